The Balaban J connectivity index is 1.24. The lowest BCUT2D eigenvalue weighted by Gasteiger charge is -2.29. The van der Waals surface area contributed by atoms with Crippen LogP contribution in [0.5, 0.6) is 0 Å². The summed E-state index contributed by atoms with van der Waals surface area (Å²) in [6, 6.07) is 4.38. The van der Waals surface area contributed by atoms with Crippen molar-refractivity contribution in [3.63, 3.8) is 0 Å². The number of rotatable bonds is 5. The van der Waals surface area contributed by atoms with E-state index in [0.717, 1.165) is 0 Å². The molecule has 0 amide bonds. The molecule has 0 radical (unpaired) electrons. The van der Waals surface area contributed by atoms with Gasteiger partial charge in [0.15, 0.2) is 17.7 Å². The number of nitrogen functional groups attached to an aromatic ring is 1. The highest BCUT2D eigenvalue weighted by Gasteiger charge is 2.45. The van der Waals surface area contributed by atoms with E-state index in [9.17, 15) is 14.6 Å². The van der Waals surface area contributed by atoms with E-state index in [-0.39, 0.29) is 12.4 Å². The van der Waals surface area contributed by atoms with Crippen LogP contribution in [0, 0.1) is 5.82 Å². The molecule has 0 bridgehead atoms. The number of aliphatic hydroxyl groups excluding tert-OH is 2. The fourth-order valence-electron chi connectivity index (χ4n) is 3.75. The van der Waals surface area contributed by atoms with Crippen LogP contribution >= 0.6 is 20.2 Å². The Bertz CT molecular complexity index is 1160. The van der Waals surface area contributed by atoms with Crippen molar-refractivity contribution < 1.29 is 32.9 Å². The Hall–Kier alpha value is -2.02. The summed E-state index contributed by atoms with van der Waals surface area (Å²) in [5.74, 6) is -0.283. The molecular weight excluding hydrogens is 480 g/mol. The number of halogens is 2. The number of fused-ring (bicyclic) bond motifs is 1. The molecule has 2 aromatic heterocycles. The zero-order valence-electron chi connectivity index (χ0n) is 17.0. The van der Waals surface area contributed by atoms with Crippen LogP contribution in [0.15, 0.2) is 30.9 Å². The molecule has 6 atom stereocenters. The summed E-state index contributed by atoms with van der Waals surface area (Å²) in [4.78, 5) is 12.2. The monoisotopic (exact) mass is 499 g/mol. The van der Waals surface area contributed by atoms with Crippen LogP contribution < -0.4 is 5.73 Å². The first kappa shape index (κ1) is 22.8. The maximum absolute atomic E-state index is 14.3. The lowest BCUT2D eigenvalue weighted by Crippen LogP contribution is -2.33. The van der Waals surface area contributed by atoms with Crippen molar-refractivity contribution in [2.45, 2.75) is 37.1 Å². The molecule has 4 heterocycles. The summed E-state index contributed by atoms with van der Waals surface area (Å²) in [6.07, 6.45) is -1.81. The van der Waals surface area contributed by atoms with Gasteiger partial charge in [-0.15, -0.1) is 0 Å². The second kappa shape index (κ2) is 9.32. The SMILES string of the molecule is Nc1ncnc2c1ncn2[C@@H]1O[C@H](COP2OCC[C@H](c3ccc(Cl)cc3F)O2)[C@@H](O)[C@H]1O. The number of imidazole rings is 1. The Kier molecular flexibility index (Phi) is 6.43. The first-order valence-corrected chi connectivity index (χ1v) is 11.5. The highest BCUT2D eigenvalue weighted by Crippen LogP contribution is 2.50. The molecule has 2 saturated heterocycles. The van der Waals surface area contributed by atoms with Gasteiger partial charge in [0.05, 0.1) is 25.6 Å². The first-order chi connectivity index (χ1) is 15.9. The smallest absolute Gasteiger partial charge is 0.333 e. The lowest BCUT2D eigenvalue weighted by atomic mass is 10.1. The highest BCUT2D eigenvalue weighted by molar-refractivity contribution is 7.41. The zero-order valence-corrected chi connectivity index (χ0v) is 18.6. The van der Waals surface area contributed by atoms with E-state index in [1.165, 1.54) is 23.3 Å². The van der Waals surface area contributed by atoms with E-state index in [1.54, 1.807) is 12.1 Å². The van der Waals surface area contributed by atoms with Gasteiger partial charge in [0.25, 0.3) is 0 Å². The topological polar surface area (TPSA) is 147 Å². The summed E-state index contributed by atoms with van der Waals surface area (Å²) < 4.78 is 38.5. The molecule has 3 aromatic rings. The molecule has 176 valence electrons. The molecule has 0 saturated carbocycles. The van der Waals surface area contributed by atoms with Crippen molar-refractivity contribution in [1.29, 1.82) is 0 Å². The second-order valence-electron chi connectivity index (χ2n) is 7.53. The average Bonchev–Trinajstić information content (AvgIpc) is 3.35. The Labute approximate surface area is 193 Å². The highest BCUT2D eigenvalue weighted by atomic mass is 35.5. The molecule has 4 N–H and O–H groups in total. The zero-order chi connectivity index (χ0) is 23.1. The van der Waals surface area contributed by atoms with E-state index < -0.39 is 45.1 Å². The maximum Gasteiger partial charge on any atom is 0.333 e. The first-order valence-electron chi connectivity index (χ1n) is 10.0. The van der Waals surface area contributed by atoms with Gasteiger partial charge in [-0.25, -0.2) is 19.3 Å². The van der Waals surface area contributed by atoms with Gasteiger partial charge in [-0.3, -0.25) is 4.57 Å². The molecule has 14 heteroatoms. The Morgan fingerprint density at radius 2 is 2.12 bits per heavy atom. The average molecular weight is 500 g/mol. The molecule has 2 fully saturated rings. The van der Waals surface area contributed by atoms with E-state index in [0.29, 0.717) is 34.8 Å². The normalized spacial score (nSPS) is 30.2. The fourth-order valence-corrected chi connectivity index (χ4v) is 5.06. The van der Waals surface area contributed by atoms with Gasteiger partial charge in [-0.1, -0.05) is 17.7 Å². The van der Waals surface area contributed by atoms with Crippen LogP contribution in [-0.2, 0) is 18.3 Å². The summed E-state index contributed by atoms with van der Waals surface area (Å²) in [5.41, 5.74) is 6.88. The number of anilines is 1. The molecule has 0 spiro atoms. The van der Waals surface area contributed by atoms with Crippen LogP contribution in [0.2, 0.25) is 5.02 Å². The van der Waals surface area contributed by atoms with Crippen molar-refractivity contribution in [2.75, 3.05) is 18.9 Å². The van der Waals surface area contributed by atoms with Crippen molar-refractivity contribution in [1.82, 2.24) is 19.5 Å². The Morgan fingerprint density at radius 3 is 2.94 bits per heavy atom. The van der Waals surface area contributed by atoms with E-state index in [1.807, 2.05) is 0 Å². The Morgan fingerprint density at radius 1 is 1.27 bits per heavy atom. The number of nitrogens with two attached hydrogens (primary N) is 1. The minimum atomic E-state index is -1.82. The summed E-state index contributed by atoms with van der Waals surface area (Å²) in [7, 11) is -1.82. The number of ether oxygens (including phenoxy) is 1. The van der Waals surface area contributed by atoms with Crippen LogP contribution in [0.3, 0.4) is 0 Å². The van der Waals surface area contributed by atoms with Gasteiger partial charge in [0.2, 0.25) is 0 Å². The van der Waals surface area contributed by atoms with Crippen LogP contribution in [-0.4, -0.2) is 61.3 Å². The molecule has 33 heavy (non-hydrogen) atoms. The van der Waals surface area contributed by atoms with Gasteiger partial charge in [-0.05, 0) is 12.1 Å². The molecule has 11 nitrogen and oxygen atoms in total. The fraction of sp³-hybridized carbons (Fsp3) is 0.421. The molecule has 2 aliphatic rings. The molecule has 0 aliphatic carbocycles. The minimum absolute atomic E-state index is 0.125. The van der Waals surface area contributed by atoms with Gasteiger partial charge < -0.3 is 34.3 Å². The van der Waals surface area contributed by atoms with Crippen molar-refractivity contribution in [2.24, 2.45) is 0 Å². The number of benzene rings is 1. The number of aromatic nitrogens is 4. The number of hydrogen-bond acceptors (Lipinski definition) is 10. The predicted octanol–water partition coefficient (Wildman–Crippen LogP) is 2.24. The standard InChI is InChI=1S/C19H20ClFN5O6P/c20-9-1-2-10(11(21)5-9)12-3-4-29-33(32-12)30-6-13-15(27)16(28)19(31-13)26-8-25-14-17(22)23-7-24-18(14)26/h1-2,5,7-8,12-13,15-16,19,27-28H,3-4,6H2,(H2,22,23,24)/t12-,13-,15-,16-,19-,33?/m1/s1. The van der Waals surface area contributed by atoms with E-state index >= 15 is 0 Å². The van der Waals surface area contributed by atoms with Gasteiger partial charge in [0, 0.05) is 17.0 Å². The quantitative estimate of drug-likeness (QED) is 0.446. The van der Waals surface area contributed by atoms with Crippen LogP contribution in [0.25, 0.3) is 11.2 Å². The molecule has 2 aliphatic heterocycles. The predicted molar refractivity (Wildman–Crippen MR) is 114 cm³/mol. The summed E-state index contributed by atoms with van der Waals surface area (Å²) in [5, 5.41) is 21.3. The van der Waals surface area contributed by atoms with Gasteiger partial charge in [0.1, 0.15) is 36.0 Å². The summed E-state index contributed by atoms with van der Waals surface area (Å²) >= 11 is 5.82. The molecule has 1 aromatic carbocycles. The third-order valence-electron chi connectivity index (χ3n) is 5.44. The lowest BCUT2D eigenvalue weighted by molar-refractivity contribution is -0.0530. The van der Waals surface area contributed by atoms with Gasteiger partial charge >= 0.3 is 8.60 Å². The second-order valence-corrected chi connectivity index (χ2v) is 9.14. The molecular formula is C19H20ClFN5O6P. The van der Waals surface area contributed by atoms with E-state index in [4.69, 9.17) is 35.6 Å². The molecule has 5 rings (SSSR count). The number of aliphatic hydroxyl groups is 2. The third kappa shape index (κ3) is 4.41. The van der Waals surface area contributed by atoms with Gasteiger partial charge in [-0.2, -0.15) is 0 Å². The van der Waals surface area contributed by atoms with Crippen LogP contribution in [0.1, 0.15) is 24.3 Å². The summed E-state index contributed by atoms with van der Waals surface area (Å²) in [6.45, 7) is 0.180. The maximum atomic E-state index is 14.3. The minimum Gasteiger partial charge on any atom is -0.387 e. The van der Waals surface area contributed by atoms with E-state index in [2.05, 4.69) is 15.0 Å². The molecule has 1 unspecified atom stereocenters. The van der Waals surface area contributed by atoms with Crippen molar-refractivity contribution in [3.05, 3.63) is 47.3 Å². The number of hydrogen-bond donors (Lipinski definition) is 3. The third-order valence-corrected chi connectivity index (χ3v) is 6.86. The van der Waals surface area contributed by atoms with Crippen molar-refractivity contribution in [3.8, 4) is 0 Å². The number of nitrogens with zero attached hydrogens (tertiary/aromatic N) is 4. The largest absolute Gasteiger partial charge is 0.387 e. The van der Waals surface area contributed by atoms with Crippen molar-refractivity contribution >= 4 is 37.2 Å². The van der Waals surface area contributed by atoms with Crippen LogP contribution in [0.4, 0.5) is 10.2 Å².